The monoisotopic (exact) mass is 253 g/mol. The molecule has 0 unspecified atom stereocenters. The van der Waals surface area contributed by atoms with E-state index in [1.54, 1.807) is 24.3 Å². The van der Waals surface area contributed by atoms with Gasteiger partial charge in [-0.05, 0) is 23.8 Å². The van der Waals surface area contributed by atoms with Crippen LogP contribution in [0.5, 0.6) is 5.75 Å². The second-order valence-corrected chi connectivity index (χ2v) is 3.92. The molecule has 5 heteroatoms. The maximum atomic E-state index is 11.8. The predicted octanol–water partition coefficient (Wildman–Crippen LogP) is 1.59. The first kappa shape index (κ1) is 12.6. The fraction of sp³-hybridized carbons (Fsp3) is 0.0714. The van der Waals surface area contributed by atoms with E-state index in [9.17, 15) is 9.90 Å². The molecule has 1 amide bonds. The molecule has 0 saturated carbocycles. The first-order valence-electron chi connectivity index (χ1n) is 5.60. The minimum atomic E-state index is -0.312. The molecule has 0 aliphatic heterocycles. The summed E-state index contributed by atoms with van der Waals surface area (Å²) in [4.78, 5) is 15.5. The highest BCUT2D eigenvalue weighted by Crippen LogP contribution is 2.09. The molecule has 2 aromatic rings. The third-order valence-corrected chi connectivity index (χ3v) is 2.52. The zero-order chi connectivity index (χ0) is 13.7. The molecule has 0 aliphatic carbocycles. The van der Waals surface area contributed by atoms with E-state index in [1.165, 1.54) is 18.5 Å². The fourth-order valence-electron chi connectivity index (χ4n) is 1.53. The van der Waals surface area contributed by atoms with Crippen molar-refractivity contribution in [3.05, 3.63) is 59.4 Å². The summed E-state index contributed by atoms with van der Waals surface area (Å²) in [6.45, 7) is 0.347. The molecule has 2 N–H and O–H groups in total. The average molecular weight is 253 g/mol. The van der Waals surface area contributed by atoms with E-state index in [4.69, 9.17) is 5.26 Å². The van der Waals surface area contributed by atoms with Crippen molar-refractivity contribution in [3.8, 4) is 11.8 Å². The molecule has 1 aromatic carbocycles. The van der Waals surface area contributed by atoms with E-state index in [0.717, 1.165) is 5.56 Å². The van der Waals surface area contributed by atoms with Crippen LogP contribution in [-0.4, -0.2) is 16.0 Å². The van der Waals surface area contributed by atoms with Crippen molar-refractivity contribution in [3.63, 3.8) is 0 Å². The Bertz CT molecular complexity index is 630. The lowest BCUT2D eigenvalue weighted by Crippen LogP contribution is -2.22. The number of hydrogen-bond acceptors (Lipinski definition) is 4. The van der Waals surface area contributed by atoms with Gasteiger partial charge in [0.25, 0.3) is 5.91 Å². The molecule has 0 saturated heterocycles. The van der Waals surface area contributed by atoms with Gasteiger partial charge in [0, 0.05) is 12.7 Å². The lowest BCUT2D eigenvalue weighted by molar-refractivity contribution is 0.0950. The quantitative estimate of drug-likeness (QED) is 0.869. The Morgan fingerprint density at radius 3 is 2.68 bits per heavy atom. The van der Waals surface area contributed by atoms with Gasteiger partial charge in [-0.15, -0.1) is 0 Å². The summed E-state index contributed by atoms with van der Waals surface area (Å²) in [5.41, 5.74) is 1.77. The molecular weight excluding hydrogens is 242 g/mol. The van der Waals surface area contributed by atoms with Crippen LogP contribution in [0, 0.1) is 11.3 Å². The summed E-state index contributed by atoms with van der Waals surface area (Å²) in [5.74, 6) is -0.362. The van der Waals surface area contributed by atoms with Gasteiger partial charge in [0.05, 0.1) is 23.4 Å². The third kappa shape index (κ3) is 3.30. The van der Waals surface area contributed by atoms with Crippen molar-refractivity contribution in [1.29, 1.82) is 5.26 Å². The van der Waals surface area contributed by atoms with Gasteiger partial charge in [0.2, 0.25) is 0 Å². The van der Waals surface area contributed by atoms with E-state index in [0.29, 0.717) is 17.7 Å². The van der Waals surface area contributed by atoms with Crippen LogP contribution in [-0.2, 0) is 6.54 Å². The maximum Gasteiger partial charge on any atom is 0.253 e. The third-order valence-electron chi connectivity index (χ3n) is 2.52. The fourth-order valence-corrected chi connectivity index (χ4v) is 1.53. The van der Waals surface area contributed by atoms with E-state index < -0.39 is 0 Å². The van der Waals surface area contributed by atoms with Gasteiger partial charge in [-0.1, -0.05) is 12.1 Å². The van der Waals surface area contributed by atoms with E-state index in [2.05, 4.69) is 10.3 Å². The molecule has 2 rings (SSSR count). The van der Waals surface area contributed by atoms with Crippen molar-refractivity contribution in [2.45, 2.75) is 6.54 Å². The topological polar surface area (TPSA) is 86.0 Å². The van der Waals surface area contributed by atoms with Crippen LogP contribution in [0.3, 0.4) is 0 Å². The number of hydrogen-bond donors (Lipinski definition) is 2. The summed E-state index contributed by atoms with van der Waals surface area (Å²) in [6, 6.07) is 10.3. The molecule has 0 bridgehead atoms. The number of aromatic hydroxyl groups is 1. The van der Waals surface area contributed by atoms with Gasteiger partial charge < -0.3 is 10.4 Å². The number of nitriles is 1. The first-order valence-corrected chi connectivity index (χ1v) is 5.60. The number of amides is 1. The maximum absolute atomic E-state index is 11.8. The smallest absolute Gasteiger partial charge is 0.253 e. The second-order valence-electron chi connectivity index (χ2n) is 3.92. The average Bonchev–Trinajstić information content (AvgIpc) is 2.45. The zero-order valence-electron chi connectivity index (χ0n) is 10.00. The van der Waals surface area contributed by atoms with E-state index in [-0.39, 0.29) is 11.7 Å². The molecule has 5 nitrogen and oxygen atoms in total. The van der Waals surface area contributed by atoms with Crippen molar-refractivity contribution >= 4 is 5.91 Å². The van der Waals surface area contributed by atoms with Crippen molar-refractivity contribution < 1.29 is 9.90 Å². The molecule has 0 radical (unpaired) electrons. The minimum Gasteiger partial charge on any atom is -0.506 e. The lowest BCUT2D eigenvalue weighted by atomic mass is 10.1. The van der Waals surface area contributed by atoms with Crippen molar-refractivity contribution in [2.24, 2.45) is 0 Å². The van der Waals surface area contributed by atoms with Crippen LogP contribution in [0.1, 0.15) is 21.5 Å². The van der Waals surface area contributed by atoms with Crippen LogP contribution in [0.15, 0.2) is 42.7 Å². The van der Waals surface area contributed by atoms with Gasteiger partial charge in [-0.2, -0.15) is 5.26 Å². The van der Waals surface area contributed by atoms with Gasteiger partial charge in [0.15, 0.2) is 0 Å². The SMILES string of the molecule is N#Cc1ccc(CNC(=O)c2cncc(O)c2)cc1. The van der Waals surface area contributed by atoms with Crippen LogP contribution in [0.2, 0.25) is 0 Å². The molecule has 19 heavy (non-hydrogen) atoms. The number of nitrogens with zero attached hydrogens (tertiary/aromatic N) is 2. The second kappa shape index (κ2) is 5.65. The standard InChI is InChI=1S/C14H11N3O2/c15-6-10-1-3-11(4-2-10)7-17-14(19)12-5-13(18)9-16-8-12/h1-5,8-9,18H,7H2,(H,17,19). The van der Waals surface area contributed by atoms with Crippen LogP contribution in [0.4, 0.5) is 0 Å². The Hall–Kier alpha value is -2.87. The first-order chi connectivity index (χ1) is 9.19. The summed E-state index contributed by atoms with van der Waals surface area (Å²) in [7, 11) is 0. The molecule has 0 aliphatic rings. The Balaban J connectivity index is 1.98. The number of nitrogens with one attached hydrogen (secondary N) is 1. The Morgan fingerprint density at radius 2 is 2.05 bits per heavy atom. The number of carbonyl (C=O) groups is 1. The highest BCUT2D eigenvalue weighted by molar-refractivity contribution is 5.94. The number of pyridine rings is 1. The van der Waals surface area contributed by atoms with Gasteiger partial charge >= 0.3 is 0 Å². The largest absolute Gasteiger partial charge is 0.506 e. The molecule has 94 valence electrons. The number of aromatic nitrogens is 1. The zero-order valence-corrected chi connectivity index (χ0v) is 10.00. The summed E-state index contributed by atoms with van der Waals surface area (Å²) < 4.78 is 0. The molecule has 0 spiro atoms. The highest BCUT2D eigenvalue weighted by atomic mass is 16.3. The molecule has 1 heterocycles. The Labute approximate surface area is 110 Å². The number of rotatable bonds is 3. The Morgan fingerprint density at radius 1 is 1.32 bits per heavy atom. The summed E-state index contributed by atoms with van der Waals surface area (Å²) >= 11 is 0. The van der Waals surface area contributed by atoms with Crippen LogP contribution >= 0.6 is 0 Å². The predicted molar refractivity (Wildman–Crippen MR) is 68.2 cm³/mol. The molecule has 1 aromatic heterocycles. The molecular formula is C14H11N3O2. The lowest BCUT2D eigenvalue weighted by Gasteiger charge is -2.05. The number of benzene rings is 1. The van der Waals surface area contributed by atoms with Gasteiger partial charge in [-0.3, -0.25) is 9.78 Å². The highest BCUT2D eigenvalue weighted by Gasteiger charge is 2.06. The van der Waals surface area contributed by atoms with Crippen LogP contribution < -0.4 is 5.32 Å². The van der Waals surface area contributed by atoms with E-state index >= 15 is 0 Å². The van der Waals surface area contributed by atoms with Crippen molar-refractivity contribution in [2.75, 3.05) is 0 Å². The normalized spacial score (nSPS) is 9.63. The van der Waals surface area contributed by atoms with Crippen LogP contribution in [0.25, 0.3) is 0 Å². The summed E-state index contributed by atoms with van der Waals surface area (Å²) in [5, 5.41) is 20.6. The Kier molecular flexibility index (Phi) is 3.74. The molecule has 0 atom stereocenters. The van der Waals surface area contributed by atoms with Crippen molar-refractivity contribution in [1.82, 2.24) is 10.3 Å². The summed E-state index contributed by atoms with van der Waals surface area (Å²) in [6.07, 6.45) is 2.64. The van der Waals surface area contributed by atoms with E-state index in [1.807, 2.05) is 6.07 Å². The van der Waals surface area contributed by atoms with Gasteiger partial charge in [-0.25, -0.2) is 0 Å². The molecule has 0 fully saturated rings. The van der Waals surface area contributed by atoms with Gasteiger partial charge in [0.1, 0.15) is 5.75 Å². The minimum absolute atomic E-state index is 0.0500. The number of carbonyl (C=O) groups excluding carboxylic acids is 1.